The van der Waals surface area contributed by atoms with Crippen molar-refractivity contribution in [2.45, 2.75) is 6.42 Å². The average molecular weight is 334 g/mol. The number of nitrogens with one attached hydrogen (secondary N) is 1. The molecular weight excluding hydrogens is 324 g/mol. The minimum absolute atomic E-state index is 0. The second-order valence-corrected chi connectivity index (χ2v) is 5.20. The minimum Gasteiger partial charge on any atom is -0.867 e. The van der Waals surface area contributed by atoms with Gasteiger partial charge in [-0.2, -0.15) is 0 Å². The van der Waals surface area contributed by atoms with E-state index in [1.807, 2.05) is 24.3 Å². The standard InChI is InChI=1S/C14H11Cl2NOS.Na/c15-10-5-3-6-11(16)14(10)17-12-7-2-1-4-9(12)8-13(18)19;/h1-7,17H,8H2,(H,18,19);/q;+1/p-1. The van der Waals surface area contributed by atoms with Crippen LogP contribution in [0.3, 0.4) is 0 Å². The molecule has 6 heteroatoms. The molecule has 0 unspecified atom stereocenters. The summed E-state index contributed by atoms with van der Waals surface area (Å²) in [6.07, 6.45) is 0.195. The van der Waals surface area contributed by atoms with E-state index in [1.54, 1.807) is 18.2 Å². The molecule has 0 aliphatic rings. The molecule has 0 bridgehead atoms. The Labute approximate surface area is 155 Å². The summed E-state index contributed by atoms with van der Waals surface area (Å²) in [5, 5.41) is 15.0. The Morgan fingerprint density at radius 2 is 1.65 bits per heavy atom. The first-order valence-corrected chi connectivity index (χ1v) is 6.73. The molecule has 0 heterocycles. The van der Waals surface area contributed by atoms with Gasteiger partial charge in [0, 0.05) is 5.69 Å². The fourth-order valence-electron chi connectivity index (χ4n) is 1.70. The van der Waals surface area contributed by atoms with Gasteiger partial charge in [-0.15, -0.1) is 12.2 Å². The Hall–Kier alpha value is -0.290. The third kappa shape index (κ3) is 4.62. The second-order valence-electron chi connectivity index (χ2n) is 3.93. The predicted octanol–water partition coefficient (Wildman–Crippen LogP) is 0.971. The van der Waals surface area contributed by atoms with Gasteiger partial charge >= 0.3 is 29.6 Å². The Morgan fingerprint density at radius 1 is 1.05 bits per heavy atom. The second kappa shape index (κ2) is 8.23. The van der Waals surface area contributed by atoms with Crippen LogP contribution in [0, 0.1) is 0 Å². The number of rotatable bonds is 4. The first-order chi connectivity index (χ1) is 9.08. The van der Waals surface area contributed by atoms with Crippen LogP contribution in [-0.4, -0.2) is 5.05 Å². The molecule has 20 heavy (non-hydrogen) atoms. The first-order valence-electron chi connectivity index (χ1n) is 5.56. The Balaban J connectivity index is 0.00000200. The quantitative estimate of drug-likeness (QED) is 0.669. The number of para-hydroxylation sites is 2. The van der Waals surface area contributed by atoms with Crippen molar-refractivity contribution < 1.29 is 34.7 Å². The molecule has 0 amide bonds. The average Bonchev–Trinajstić information content (AvgIpc) is 2.35. The number of benzene rings is 2. The molecule has 2 nitrogen and oxygen atoms in total. The number of halogens is 2. The molecule has 0 aromatic heterocycles. The maximum atomic E-state index is 11.1. The molecule has 0 spiro atoms. The molecule has 0 atom stereocenters. The molecule has 2 aromatic rings. The maximum absolute atomic E-state index is 11.1. The van der Waals surface area contributed by atoms with E-state index in [0.29, 0.717) is 15.7 Å². The van der Waals surface area contributed by atoms with Crippen LogP contribution < -0.4 is 40.0 Å². The summed E-state index contributed by atoms with van der Waals surface area (Å²) in [5.41, 5.74) is 2.21. The van der Waals surface area contributed by atoms with Crippen molar-refractivity contribution in [1.29, 1.82) is 0 Å². The van der Waals surface area contributed by atoms with Crippen LogP contribution in [-0.2, 0) is 6.42 Å². The van der Waals surface area contributed by atoms with Gasteiger partial charge in [-0.05, 0) is 30.2 Å². The minimum atomic E-state index is -0.306. The van der Waals surface area contributed by atoms with Gasteiger partial charge in [0.2, 0.25) is 0 Å². The monoisotopic (exact) mass is 333 g/mol. The maximum Gasteiger partial charge on any atom is 1.00 e. The van der Waals surface area contributed by atoms with Gasteiger partial charge < -0.3 is 10.4 Å². The van der Waals surface area contributed by atoms with Crippen LogP contribution in [0.5, 0.6) is 0 Å². The van der Waals surface area contributed by atoms with Crippen molar-refractivity contribution in [3.8, 4) is 0 Å². The summed E-state index contributed by atoms with van der Waals surface area (Å²) in [5.74, 6) is 0. The third-order valence-electron chi connectivity index (χ3n) is 2.57. The predicted molar refractivity (Wildman–Crippen MR) is 82.5 cm³/mol. The molecule has 0 aliphatic carbocycles. The van der Waals surface area contributed by atoms with Gasteiger partial charge in [0.1, 0.15) is 0 Å². The summed E-state index contributed by atoms with van der Waals surface area (Å²) in [4.78, 5) is 0. The summed E-state index contributed by atoms with van der Waals surface area (Å²) in [6.45, 7) is 0. The van der Waals surface area contributed by atoms with Crippen molar-refractivity contribution in [2.24, 2.45) is 0 Å². The molecular formula is C14H10Cl2NNaOS. The molecule has 2 aromatic carbocycles. The zero-order chi connectivity index (χ0) is 13.8. The van der Waals surface area contributed by atoms with Crippen molar-refractivity contribution in [2.75, 3.05) is 5.32 Å². The van der Waals surface area contributed by atoms with Gasteiger partial charge in [-0.1, -0.05) is 52.5 Å². The van der Waals surface area contributed by atoms with Crippen molar-refractivity contribution >= 4 is 51.8 Å². The smallest absolute Gasteiger partial charge is 0.867 e. The van der Waals surface area contributed by atoms with E-state index >= 15 is 0 Å². The Bertz CT molecular complexity index is 602. The molecule has 1 N–H and O–H groups in total. The molecule has 98 valence electrons. The SMILES string of the molecule is [Na+].[O-]C(=S)Cc1ccccc1Nc1c(Cl)cccc1Cl. The third-order valence-corrected chi connectivity index (χ3v) is 3.35. The van der Waals surface area contributed by atoms with Gasteiger partial charge in [0.25, 0.3) is 0 Å². The van der Waals surface area contributed by atoms with Gasteiger partial charge in [0.05, 0.1) is 15.7 Å². The number of anilines is 2. The molecule has 0 aliphatic heterocycles. The number of thiocarbonyl (C=S) groups is 1. The van der Waals surface area contributed by atoms with Crippen LogP contribution in [0.15, 0.2) is 42.5 Å². The van der Waals surface area contributed by atoms with Crippen molar-refractivity contribution in [1.82, 2.24) is 0 Å². The van der Waals surface area contributed by atoms with E-state index in [-0.39, 0.29) is 41.0 Å². The summed E-state index contributed by atoms with van der Waals surface area (Å²) >= 11 is 16.8. The molecule has 0 saturated carbocycles. The fourth-order valence-corrected chi connectivity index (χ4v) is 2.35. The molecule has 2 rings (SSSR count). The number of hydrogen-bond acceptors (Lipinski definition) is 3. The largest absolute Gasteiger partial charge is 1.00 e. The zero-order valence-corrected chi connectivity index (χ0v) is 15.1. The van der Waals surface area contributed by atoms with E-state index in [9.17, 15) is 5.11 Å². The van der Waals surface area contributed by atoms with E-state index in [4.69, 9.17) is 23.2 Å². The topological polar surface area (TPSA) is 35.1 Å². The zero-order valence-electron chi connectivity index (χ0n) is 10.8. The van der Waals surface area contributed by atoms with Crippen molar-refractivity contribution in [3.63, 3.8) is 0 Å². The van der Waals surface area contributed by atoms with E-state index in [2.05, 4.69) is 17.5 Å². The fraction of sp³-hybridized carbons (Fsp3) is 0.0714. The van der Waals surface area contributed by atoms with E-state index < -0.39 is 0 Å². The van der Waals surface area contributed by atoms with E-state index in [0.717, 1.165) is 11.3 Å². The Morgan fingerprint density at radius 3 is 2.25 bits per heavy atom. The summed E-state index contributed by atoms with van der Waals surface area (Å²) < 4.78 is 0. The normalized spacial score (nSPS) is 9.70. The van der Waals surface area contributed by atoms with Gasteiger partial charge in [-0.3, -0.25) is 0 Å². The van der Waals surface area contributed by atoms with Gasteiger partial charge in [0.15, 0.2) is 0 Å². The van der Waals surface area contributed by atoms with E-state index in [1.165, 1.54) is 0 Å². The summed E-state index contributed by atoms with van der Waals surface area (Å²) in [6, 6.07) is 12.7. The van der Waals surface area contributed by atoms with Crippen LogP contribution in [0.2, 0.25) is 10.0 Å². The van der Waals surface area contributed by atoms with Gasteiger partial charge in [-0.25, -0.2) is 0 Å². The molecule has 0 saturated heterocycles. The first kappa shape index (κ1) is 17.8. The molecule has 0 fully saturated rings. The van der Waals surface area contributed by atoms with Crippen molar-refractivity contribution in [3.05, 3.63) is 58.1 Å². The Kier molecular flexibility index (Phi) is 7.30. The van der Waals surface area contributed by atoms with Crippen LogP contribution in [0.25, 0.3) is 0 Å². The van der Waals surface area contributed by atoms with Crippen LogP contribution in [0.1, 0.15) is 5.56 Å². The summed E-state index contributed by atoms with van der Waals surface area (Å²) in [7, 11) is 0. The number of hydrogen-bond donors (Lipinski definition) is 1. The van der Waals surface area contributed by atoms with Crippen LogP contribution in [0.4, 0.5) is 11.4 Å². The van der Waals surface area contributed by atoms with Crippen LogP contribution >= 0.6 is 35.4 Å². The molecule has 0 radical (unpaired) electrons.